The summed E-state index contributed by atoms with van der Waals surface area (Å²) in [6.45, 7) is 1.80. The molecule has 5 nitrogen and oxygen atoms in total. The van der Waals surface area contributed by atoms with Crippen LogP contribution in [0.4, 0.5) is 4.39 Å². The van der Waals surface area contributed by atoms with Gasteiger partial charge in [-0.25, -0.2) is 9.07 Å². The first-order chi connectivity index (χ1) is 13.2. The Bertz CT molecular complexity index is 962. The Kier molecular flexibility index (Phi) is 3.84. The van der Waals surface area contributed by atoms with Crippen LogP contribution in [0.15, 0.2) is 54.7 Å². The molecule has 5 rings (SSSR count). The van der Waals surface area contributed by atoms with Crippen LogP contribution in [0, 0.1) is 5.82 Å². The highest BCUT2D eigenvalue weighted by atomic mass is 19.1. The third kappa shape index (κ3) is 2.51. The van der Waals surface area contributed by atoms with Crippen LogP contribution in [0.2, 0.25) is 0 Å². The Morgan fingerprint density at radius 1 is 1.07 bits per heavy atom. The van der Waals surface area contributed by atoms with E-state index in [4.69, 9.17) is 0 Å². The van der Waals surface area contributed by atoms with Gasteiger partial charge in [-0.3, -0.25) is 0 Å². The van der Waals surface area contributed by atoms with Crippen LogP contribution in [-0.4, -0.2) is 39.3 Å². The summed E-state index contributed by atoms with van der Waals surface area (Å²) in [6.07, 6.45) is 3.10. The first kappa shape index (κ1) is 16.6. The second kappa shape index (κ2) is 6.25. The Morgan fingerprint density at radius 3 is 2.59 bits per heavy atom. The number of rotatable bonds is 2. The maximum atomic E-state index is 13.2. The van der Waals surface area contributed by atoms with Crippen molar-refractivity contribution in [2.24, 2.45) is 0 Å². The van der Waals surface area contributed by atoms with Crippen LogP contribution in [0.5, 0.6) is 0 Å². The van der Waals surface area contributed by atoms with Crippen molar-refractivity contribution in [2.45, 2.75) is 30.4 Å². The number of benzene rings is 2. The number of aromatic nitrogens is 3. The molecule has 1 fully saturated rings. The number of aliphatic hydroxyl groups excluding tert-OH is 1. The summed E-state index contributed by atoms with van der Waals surface area (Å²) in [7, 11) is 0. The van der Waals surface area contributed by atoms with Crippen LogP contribution in [0.1, 0.15) is 30.0 Å². The number of fused-ring (bicyclic) bond motifs is 2. The largest absolute Gasteiger partial charge is 0.390 e. The smallest absolute Gasteiger partial charge is 0.123 e. The number of nitrogens with zero attached hydrogens (tertiary/aromatic N) is 3. The lowest BCUT2D eigenvalue weighted by Gasteiger charge is -2.38. The second-order valence-corrected chi connectivity index (χ2v) is 7.47. The molecule has 1 saturated heterocycles. The van der Waals surface area contributed by atoms with E-state index < -0.39 is 6.10 Å². The lowest BCUT2D eigenvalue weighted by atomic mass is 9.72. The number of piperidine rings is 1. The maximum absolute atomic E-state index is 13.2. The molecule has 3 aromatic rings. The zero-order valence-electron chi connectivity index (χ0n) is 14.8. The summed E-state index contributed by atoms with van der Waals surface area (Å²) >= 11 is 0. The second-order valence-electron chi connectivity index (χ2n) is 7.47. The molecule has 2 heterocycles. The first-order valence-electron chi connectivity index (χ1n) is 9.35. The number of aliphatic hydroxyl groups is 1. The molecule has 2 atom stereocenters. The van der Waals surface area contributed by atoms with Gasteiger partial charge in [-0.05, 0) is 61.3 Å². The van der Waals surface area contributed by atoms with Crippen molar-refractivity contribution < 1.29 is 9.50 Å². The fraction of sp³-hybridized carbons (Fsp3) is 0.333. The van der Waals surface area contributed by atoms with E-state index in [2.05, 4.69) is 27.8 Å². The Hall–Kier alpha value is -2.57. The molecule has 2 aliphatic rings. The van der Waals surface area contributed by atoms with Crippen molar-refractivity contribution in [3.8, 4) is 11.3 Å². The third-order valence-electron chi connectivity index (χ3n) is 6.11. The molecular formula is C21H21FN4O. The highest BCUT2D eigenvalue weighted by molar-refractivity contribution is 5.57. The quantitative estimate of drug-likeness (QED) is 0.734. The third-order valence-corrected chi connectivity index (χ3v) is 6.11. The van der Waals surface area contributed by atoms with E-state index >= 15 is 0 Å². The Balaban J connectivity index is 1.56. The molecule has 0 bridgehead atoms. The SMILES string of the molecule is O[C@H]1[C@H](n2cc(-c3ccc(F)cc3)nn2)c2ccccc2C12CCNCC2. The summed E-state index contributed by atoms with van der Waals surface area (Å²) in [5.74, 6) is -0.279. The zero-order valence-corrected chi connectivity index (χ0v) is 14.8. The minimum absolute atomic E-state index is 0.242. The van der Waals surface area contributed by atoms with E-state index in [1.807, 2.05) is 18.3 Å². The summed E-state index contributed by atoms with van der Waals surface area (Å²) in [5.41, 5.74) is 3.57. The monoisotopic (exact) mass is 364 g/mol. The molecule has 6 heteroatoms. The molecule has 1 spiro atoms. The molecule has 138 valence electrons. The number of hydrogen-bond acceptors (Lipinski definition) is 4. The van der Waals surface area contributed by atoms with Crippen LogP contribution >= 0.6 is 0 Å². The van der Waals surface area contributed by atoms with Crippen molar-refractivity contribution in [3.05, 3.63) is 71.7 Å². The van der Waals surface area contributed by atoms with Gasteiger partial charge in [0.25, 0.3) is 0 Å². The number of nitrogens with one attached hydrogen (secondary N) is 1. The van der Waals surface area contributed by atoms with Gasteiger partial charge in [0.2, 0.25) is 0 Å². The van der Waals surface area contributed by atoms with Crippen LogP contribution in [-0.2, 0) is 5.41 Å². The van der Waals surface area contributed by atoms with Crippen LogP contribution in [0.3, 0.4) is 0 Å². The van der Waals surface area contributed by atoms with E-state index in [-0.39, 0.29) is 17.3 Å². The molecular weight excluding hydrogens is 343 g/mol. The van der Waals surface area contributed by atoms with E-state index in [1.54, 1.807) is 16.8 Å². The predicted molar refractivity (Wildman–Crippen MR) is 99.8 cm³/mol. The van der Waals surface area contributed by atoms with Gasteiger partial charge >= 0.3 is 0 Å². The van der Waals surface area contributed by atoms with Crippen LogP contribution < -0.4 is 5.32 Å². The molecule has 1 aliphatic heterocycles. The van der Waals surface area contributed by atoms with Gasteiger partial charge in [0, 0.05) is 11.0 Å². The lowest BCUT2D eigenvalue weighted by Crippen LogP contribution is -2.47. The summed E-state index contributed by atoms with van der Waals surface area (Å²) in [4.78, 5) is 0. The van der Waals surface area contributed by atoms with Gasteiger partial charge < -0.3 is 10.4 Å². The van der Waals surface area contributed by atoms with Crippen molar-refractivity contribution >= 4 is 0 Å². The van der Waals surface area contributed by atoms with Crippen molar-refractivity contribution in [1.29, 1.82) is 0 Å². The minimum atomic E-state index is -0.556. The molecule has 0 radical (unpaired) electrons. The fourth-order valence-electron chi connectivity index (χ4n) is 4.73. The zero-order chi connectivity index (χ0) is 18.4. The number of halogens is 1. The van der Waals surface area contributed by atoms with Gasteiger partial charge in [0.05, 0.1) is 12.3 Å². The average Bonchev–Trinajstić information content (AvgIpc) is 3.26. The van der Waals surface area contributed by atoms with E-state index in [0.29, 0.717) is 5.69 Å². The van der Waals surface area contributed by atoms with Gasteiger partial charge in [-0.15, -0.1) is 5.10 Å². The first-order valence-corrected chi connectivity index (χ1v) is 9.35. The van der Waals surface area contributed by atoms with Gasteiger partial charge in [0.15, 0.2) is 0 Å². The highest BCUT2D eigenvalue weighted by Gasteiger charge is 2.52. The van der Waals surface area contributed by atoms with Crippen LogP contribution in [0.25, 0.3) is 11.3 Å². The molecule has 2 N–H and O–H groups in total. The summed E-state index contributed by atoms with van der Waals surface area (Å²) in [5, 5.41) is 23.4. The fourth-order valence-corrected chi connectivity index (χ4v) is 4.73. The Labute approximate surface area is 156 Å². The molecule has 27 heavy (non-hydrogen) atoms. The van der Waals surface area contributed by atoms with Crippen molar-refractivity contribution in [3.63, 3.8) is 0 Å². The molecule has 0 unspecified atom stereocenters. The van der Waals surface area contributed by atoms with Gasteiger partial charge in [-0.2, -0.15) is 0 Å². The standard InChI is InChI=1S/C21H21FN4O/c22-15-7-5-14(6-8-15)18-13-26(25-24-18)19-16-3-1-2-4-17(16)21(20(19)27)9-11-23-12-10-21/h1-8,13,19-20,23,27H,9-12H2/t19-,20+/m1/s1. The average molecular weight is 364 g/mol. The Morgan fingerprint density at radius 2 is 1.81 bits per heavy atom. The van der Waals surface area contributed by atoms with E-state index in [1.165, 1.54) is 17.7 Å². The highest BCUT2D eigenvalue weighted by Crippen LogP contribution is 2.51. The maximum Gasteiger partial charge on any atom is 0.123 e. The topological polar surface area (TPSA) is 63.0 Å². The van der Waals surface area contributed by atoms with Crippen molar-refractivity contribution in [1.82, 2.24) is 20.3 Å². The normalized spacial score (nSPS) is 23.5. The lowest BCUT2D eigenvalue weighted by molar-refractivity contribution is 0.0421. The van der Waals surface area contributed by atoms with Gasteiger partial charge in [0.1, 0.15) is 17.6 Å². The summed E-state index contributed by atoms with van der Waals surface area (Å²) in [6, 6.07) is 14.2. The number of hydrogen-bond donors (Lipinski definition) is 2. The predicted octanol–water partition coefficient (Wildman–Crippen LogP) is 2.67. The summed E-state index contributed by atoms with van der Waals surface area (Å²) < 4.78 is 15.0. The minimum Gasteiger partial charge on any atom is -0.390 e. The van der Waals surface area contributed by atoms with Crippen molar-refractivity contribution in [2.75, 3.05) is 13.1 Å². The molecule has 0 saturated carbocycles. The van der Waals surface area contributed by atoms with E-state index in [0.717, 1.165) is 37.1 Å². The van der Waals surface area contributed by atoms with E-state index in [9.17, 15) is 9.50 Å². The molecule has 2 aromatic carbocycles. The molecule has 1 aliphatic carbocycles. The molecule has 1 aromatic heterocycles. The molecule has 0 amide bonds. The van der Waals surface area contributed by atoms with Gasteiger partial charge in [-0.1, -0.05) is 29.5 Å².